The molecule has 1 heterocycles. The molecule has 100 valence electrons. The molecule has 0 saturated carbocycles. The van der Waals surface area contributed by atoms with Gasteiger partial charge in [-0.1, -0.05) is 19.1 Å². The van der Waals surface area contributed by atoms with Gasteiger partial charge in [0.25, 0.3) is 0 Å². The molecule has 1 atom stereocenters. The molecule has 1 N–H and O–H groups in total. The van der Waals surface area contributed by atoms with Gasteiger partial charge < -0.3 is 10.1 Å². The summed E-state index contributed by atoms with van der Waals surface area (Å²) in [4.78, 5) is 2.50. The van der Waals surface area contributed by atoms with Crippen LogP contribution >= 0.6 is 0 Å². The van der Waals surface area contributed by atoms with E-state index < -0.39 is 0 Å². The summed E-state index contributed by atoms with van der Waals surface area (Å²) in [5.74, 6) is 0.999. The smallest absolute Gasteiger partial charge is 0.119 e. The van der Waals surface area contributed by atoms with Gasteiger partial charge in [0.15, 0.2) is 0 Å². The third kappa shape index (κ3) is 3.72. The Hall–Kier alpha value is -1.06. The maximum absolute atomic E-state index is 5.67. The second-order valence-corrected chi connectivity index (χ2v) is 5.01. The first kappa shape index (κ1) is 13.4. The lowest BCUT2D eigenvalue weighted by Crippen LogP contribution is -2.29. The molecule has 1 unspecified atom stereocenters. The highest BCUT2D eigenvalue weighted by molar-refractivity contribution is 5.28. The molecule has 3 nitrogen and oxygen atoms in total. The molecule has 1 aromatic carbocycles. The van der Waals surface area contributed by atoms with E-state index in [0.29, 0.717) is 6.04 Å². The number of rotatable bonds is 6. The number of benzene rings is 1. The van der Waals surface area contributed by atoms with Crippen molar-refractivity contribution < 1.29 is 4.74 Å². The lowest BCUT2D eigenvalue weighted by Gasteiger charge is -2.16. The second-order valence-electron chi connectivity index (χ2n) is 5.01. The maximum atomic E-state index is 5.67. The lowest BCUT2D eigenvalue weighted by atomic mass is 10.2. The van der Waals surface area contributed by atoms with Gasteiger partial charge in [-0.3, -0.25) is 4.90 Å². The highest BCUT2D eigenvalue weighted by Gasteiger charge is 2.20. The van der Waals surface area contributed by atoms with Gasteiger partial charge in [0, 0.05) is 25.7 Å². The molecule has 0 spiro atoms. The molecule has 1 saturated heterocycles. The Morgan fingerprint density at radius 3 is 3.06 bits per heavy atom. The number of ether oxygens (including phenoxy) is 1. The van der Waals surface area contributed by atoms with E-state index in [-0.39, 0.29) is 0 Å². The molecule has 1 aliphatic rings. The van der Waals surface area contributed by atoms with Crippen molar-refractivity contribution in [2.75, 3.05) is 26.7 Å². The highest BCUT2D eigenvalue weighted by atomic mass is 16.5. The van der Waals surface area contributed by atoms with Crippen molar-refractivity contribution in [3.63, 3.8) is 0 Å². The molecular formula is C15H24N2O. The van der Waals surface area contributed by atoms with Crippen molar-refractivity contribution in [2.24, 2.45) is 0 Å². The minimum absolute atomic E-state index is 0.657. The largest absolute Gasteiger partial charge is 0.494 e. The Balaban J connectivity index is 1.89. The number of likely N-dealkylation sites (N-methyl/N-ethyl adjacent to an activating group) is 1. The molecule has 0 aliphatic carbocycles. The van der Waals surface area contributed by atoms with Crippen LogP contribution in [-0.2, 0) is 6.54 Å². The van der Waals surface area contributed by atoms with Crippen LogP contribution in [0.15, 0.2) is 24.3 Å². The average molecular weight is 248 g/mol. The highest BCUT2D eigenvalue weighted by Crippen LogP contribution is 2.17. The topological polar surface area (TPSA) is 24.5 Å². The number of hydrogen-bond donors (Lipinski definition) is 1. The standard InChI is InChI=1S/C15H24N2O/c1-3-9-18-15-6-4-5-13(10-15)11-17-8-7-14(12-17)16-2/h4-6,10,14,16H,3,7-9,11-12H2,1-2H3. The zero-order valence-electron chi connectivity index (χ0n) is 11.5. The van der Waals surface area contributed by atoms with Crippen molar-refractivity contribution in [1.29, 1.82) is 0 Å². The Morgan fingerprint density at radius 2 is 2.33 bits per heavy atom. The zero-order valence-corrected chi connectivity index (χ0v) is 11.5. The van der Waals surface area contributed by atoms with Crippen molar-refractivity contribution in [3.05, 3.63) is 29.8 Å². The van der Waals surface area contributed by atoms with E-state index in [9.17, 15) is 0 Å². The van der Waals surface area contributed by atoms with E-state index in [4.69, 9.17) is 4.74 Å². The fraction of sp³-hybridized carbons (Fsp3) is 0.600. The summed E-state index contributed by atoms with van der Waals surface area (Å²) in [5.41, 5.74) is 1.35. The van der Waals surface area contributed by atoms with Crippen LogP contribution in [0.4, 0.5) is 0 Å². The molecule has 1 fully saturated rings. The van der Waals surface area contributed by atoms with Crippen LogP contribution in [0.3, 0.4) is 0 Å². The Morgan fingerprint density at radius 1 is 1.44 bits per heavy atom. The van der Waals surface area contributed by atoms with Gasteiger partial charge in [0.1, 0.15) is 5.75 Å². The molecular weight excluding hydrogens is 224 g/mol. The van der Waals surface area contributed by atoms with Gasteiger partial charge in [0.2, 0.25) is 0 Å². The average Bonchev–Trinajstić information content (AvgIpc) is 2.84. The van der Waals surface area contributed by atoms with Gasteiger partial charge in [-0.25, -0.2) is 0 Å². The van der Waals surface area contributed by atoms with Crippen molar-refractivity contribution in [2.45, 2.75) is 32.4 Å². The van der Waals surface area contributed by atoms with E-state index in [1.807, 2.05) is 13.1 Å². The molecule has 1 aliphatic heterocycles. The number of nitrogens with zero attached hydrogens (tertiary/aromatic N) is 1. The number of nitrogens with one attached hydrogen (secondary N) is 1. The van der Waals surface area contributed by atoms with Crippen molar-refractivity contribution in [3.8, 4) is 5.75 Å². The summed E-state index contributed by atoms with van der Waals surface area (Å²) >= 11 is 0. The minimum atomic E-state index is 0.657. The quantitative estimate of drug-likeness (QED) is 0.836. The maximum Gasteiger partial charge on any atom is 0.119 e. The van der Waals surface area contributed by atoms with E-state index in [0.717, 1.165) is 31.9 Å². The molecule has 2 rings (SSSR count). The van der Waals surface area contributed by atoms with Crippen LogP contribution in [0.1, 0.15) is 25.3 Å². The van der Waals surface area contributed by atoms with Gasteiger partial charge in [-0.05, 0) is 37.6 Å². The fourth-order valence-corrected chi connectivity index (χ4v) is 2.42. The Labute approximate surface area is 110 Å². The Kier molecular flexibility index (Phi) is 5.02. The van der Waals surface area contributed by atoms with Crippen molar-refractivity contribution >= 4 is 0 Å². The molecule has 3 heteroatoms. The fourth-order valence-electron chi connectivity index (χ4n) is 2.42. The van der Waals surface area contributed by atoms with E-state index in [1.165, 1.54) is 18.5 Å². The predicted octanol–water partition coefficient (Wildman–Crippen LogP) is 2.27. The van der Waals surface area contributed by atoms with Crippen LogP contribution in [0.2, 0.25) is 0 Å². The summed E-state index contributed by atoms with van der Waals surface area (Å²) in [6.07, 6.45) is 2.31. The SMILES string of the molecule is CCCOc1cccc(CN2CCC(NC)C2)c1. The molecule has 0 amide bonds. The van der Waals surface area contributed by atoms with Gasteiger partial charge >= 0.3 is 0 Å². The summed E-state index contributed by atoms with van der Waals surface area (Å²) in [5, 5.41) is 3.35. The summed E-state index contributed by atoms with van der Waals surface area (Å²) in [7, 11) is 2.05. The van der Waals surface area contributed by atoms with E-state index in [1.54, 1.807) is 0 Å². The number of hydrogen-bond acceptors (Lipinski definition) is 3. The minimum Gasteiger partial charge on any atom is -0.494 e. The molecule has 1 aromatic rings. The normalized spacial score (nSPS) is 20.2. The lowest BCUT2D eigenvalue weighted by molar-refractivity contribution is 0.310. The molecule has 0 radical (unpaired) electrons. The second kappa shape index (κ2) is 6.76. The van der Waals surface area contributed by atoms with Gasteiger partial charge in [-0.2, -0.15) is 0 Å². The van der Waals surface area contributed by atoms with Crippen LogP contribution in [0.25, 0.3) is 0 Å². The first-order chi connectivity index (χ1) is 8.81. The monoisotopic (exact) mass is 248 g/mol. The molecule has 0 aromatic heterocycles. The third-order valence-electron chi connectivity index (χ3n) is 3.46. The van der Waals surface area contributed by atoms with Crippen molar-refractivity contribution in [1.82, 2.24) is 10.2 Å². The predicted molar refractivity (Wildman–Crippen MR) is 75.0 cm³/mol. The summed E-state index contributed by atoms with van der Waals surface area (Å²) in [6, 6.07) is 9.14. The third-order valence-corrected chi connectivity index (χ3v) is 3.46. The van der Waals surface area contributed by atoms with Crippen LogP contribution < -0.4 is 10.1 Å². The first-order valence-corrected chi connectivity index (χ1v) is 6.93. The van der Waals surface area contributed by atoms with E-state index >= 15 is 0 Å². The molecule has 18 heavy (non-hydrogen) atoms. The van der Waals surface area contributed by atoms with Gasteiger partial charge in [0.05, 0.1) is 6.61 Å². The van der Waals surface area contributed by atoms with E-state index in [2.05, 4.69) is 35.3 Å². The first-order valence-electron chi connectivity index (χ1n) is 6.93. The number of likely N-dealkylation sites (tertiary alicyclic amines) is 1. The summed E-state index contributed by atoms with van der Waals surface area (Å²) < 4.78 is 5.67. The zero-order chi connectivity index (χ0) is 12.8. The van der Waals surface area contributed by atoms with Crippen LogP contribution in [0.5, 0.6) is 5.75 Å². The Bertz CT molecular complexity index is 367. The van der Waals surface area contributed by atoms with Crippen LogP contribution in [-0.4, -0.2) is 37.7 Å². The summed E-state index contributed by atoms with van der Waals surface area (Å²) in [6.45, 7) is 6.30. The van der Waals surface area contributed by atoms with Crippen LogP contribution in [0, 0.1) is 0 Å². The molecule has 0 bridgehead atoms. The van der Waals surface area contributed by atoms with Gasteiger partial charge in [-0.15, -0.1) is 0 Å².